The van der Waals surface area contributed by atoms with Gasteiger partial charge in [0.2, 0.25) is 5.91 Å². The van der Waals surface area contributed by atoms with E-state index in [1.54, 1.807) is 9.80 Å². The van der Waals surface area contributed by atoms with Gasteiger partial charge in [0.15, 0.2) is 9.84 Å². The number of benzene rings is 1. The van der Waals surface area contributed by atoms with Crippen LogP contribution in [0.15, 0.2) is 23.1 Å². The van der Waals surface area contributed by atoms with E-state index in [4.69, 9.17) is 0 Å². The van der Waals surface area contributed by atoms with Gasteiger partial charge < -0.3 is 15.1 Å². The number of urea groups is 1. The molecule has 1 aromatic carbocycles. The SMILES string of the molecule is CS(=O)(=O)c1cc(CC2CC3(C2)CN(C(=O)N2CC4(CCCC(=O)N4)C2)C3)cc(C(F)(F)F)c1. The third kappa shape index (κ3) is 4.27. The molecule has 3 heterocycles. The molecule has 0 bridgehead atoms. The van der Waals surface area contributed by atoms with Crippen molar-refractivity contribution in [3.05, 3.63) is 29.3 Å². The van der Waals surface area contributed by atoms with Crippen molar-refractivity contribution in [1.29, 1.82) is 0 Å². The van der Waals surface area contributed by atoms with Gasteiger partial charge in [-0.3, -0.25) is 4.79 Å². The molecule has 3 aliphatic heterocycles. The summed E-state index contributed by atoms with van der Waals surface area (Å²) in [6, 6.07) is 3.06. The Balaban J connectivity index is 1.14. The molecule has 7 nitrogen and oxygen atoms in total. The molecule has 1 saturated carbocycles. The third-order valence-electron chi connectivity index (χ3n) is 7.73. The predicted octanol–water partition coefficient (Wildman–Crippen LogP) is 2.84. The quantitative estimate of drug-likeness (QED) is 0.693. The van der Waals surface area contributed by atoms with Crippen molar-refractivity contribution >= 4 is 21.8 Å². The average Bonchev–Trinajstić information content (AvgIpc) is 2.64. The van der Waals surface area contributed by atoms with Crippen molar-refractivity contribution in [2.75, 3.05) is 32.4 Å². The molecular weight excluding hydrogens is 471 g/mol. The van der Waals surface area contributed by atoms with Crippen LogP contribution >= 0.6 is 0 Å². The first-order valence-corrected chi connectivity index (χ1v) is 13.4. The Hall–Kier alpha value is -2.30. The van der Waals surface area contributed by atoms with E-state index in [1.165, 1.54) is 6.07 Å². The number of nitrogens with one attached hydrogen (secondary N) is 1. The molecule has 0 radical (unpaired) electrons. The number of hydrogen-bond acceptors (Lipinski definition) is 4. The summed E-state index contributed by atoms with van der Waals surface area (Å²) in [5, 5.41) is 3.02. The summed E-state index contributed by atoms with van der Waals surface area (Å²) in [7, 11) is -3.76. The van der Waals surface area contributed by atoms with Crippen LogP contribution in [-0.2, 0) is 27.2 Å². The number of sulfone groups is 1. The van der Waals surface area contributed by atoms with Crippen molar-refractivity contribution in [3.63, 3.8) is 0 Å². The van der Waals surface area contributed by atoms with E-state index in [0.717, 1.165) is 38.0 Å². The molecule has 2 spiro atoms. The maximum absolute atomic E-state index is 13.3. The molecule has 11 heteroatoms. The number of rotatable bonds is 3. The highest BCUT2D eigenvalue weighted by Gasteiger charge is 2.56. The molecule has 3 saturated heterocycles. The Morgan fingerprint density at radius 2 is 1.76 bits per heavy atom. The average molecular weight is 500 g/mol. The van der Waals surface area contributed by atoms with Crippen molar-refractivity contribution in [2.45, 2.75) is 55.1 Å². The number of carbonyl (C=O) groups excluding carboxylic acids is 2. The maximum atomic E-state index is 13.3. The second-order valence-electron chi connectivity index (χ2n) is 10.8. The molecule has 1 aliphatic carbocycles. The highest BCUT2D eigenvalue weighted by molar-refractivity contribution is 7.90. The van der Waals surface area contributed by atoms with Crippen LogP contribution in [0.5, 0.6) is 0 Å². The second-order valence-corrected chi connectivity index (χ2v) is 12.8. The number of hydrogen-bond donors (Lipinski definition) is 1. The molecule has 1 N–H and O–H groups in total. The third-order valence-corrected chi connectivity index (χ3v) is 8.83. The number of nitrogens with zero attached hydrogens (tertiary/aromatic N) is 2. The second kappa shape index (κ2) is 7.60. The number of alkyl halides is 3. The highest BCUT2D eigenvalue weighted by atomic mass is 32.2. The van der Waals surface area contributed by atoms with Gasteiger partial charge >= 0.3 is 12.2 Å². The lowest BCUT2D eigenvalue weighted by Gasteiger charge is -2.61. The molecule has 4 fully saturated rings. The molecule has 0 atom stereocenters. The summed E-state index contributed by atoms with van der Waals surface area (Å²) in [5.74, 6) is 0.212. The number of likely N-dealkylation sites (tertiary alicyclic amines) is 2. The minimum absolute atomic E-state index is 0.0171. The van der Waals surface area contributed by atoms with Gasteiger partial charge in [-0.2, -0.15) is 13.2 Å². The van der Waals surface area contributed by atoms with Crippen molar-refractivity contribution < 1.29 is 31.2 Å². The minimum Gasteiger partial charge on any atom is -0.347 e. The van der Waals surface area contributed by atoms with Gasteiger partial charge in [-0.25, -0.2) is 13.2 Å². The zero-order chi connectivity index (χ0) is 24.5. The molecule has 4 aliphatic rings. The van der Waals surface area contributed by atoms with Crippen LogP contribution in [0.2, 0.25) is 0 Å². The van der Waals surface area contributed by atoms with Crippen LogP contribution in [0, 0.1) is 11.3 Å². The smallest absolute Gasteiger partial charge is 0.347 e. The van der Waals surface area contributed by atoms with E-state index in [-0.39, 0.29) is 33.7 Å². The molecule has 0 aromatic heterocycles. The lowest BCUT2D eigenvalue weighted by Crippen LogP contribution is -2.75. The van der Waals surface area contributed by atoms with E-state index in [9.17, 15) is 31.2 Å². The van der Waals surface area contributed by atoms with Crippen molar-refractivity contribution in [2.24, 2.45) is 11.3 Å². The van der Waals surface area contributed by atoms with E-state index in [0.29, 0.717) is 50.7 Å². The summed E-state index contributed by atoms with van der Waals surface area (Å²) in [6.07, 6.45) is 0.582. The van der Waals surface area contributed by atoms with E-state index in [2.05, 4.69) is 5.32 Å². The van der Waals surface area contributed by atoms with Crippen LogP contribution < -0.4 is 5.32 Å². The fourth-order valence-corrected chi connectivity index (χ4v) is 6.93. The van der Waals surface area contributed by atoms with Crippen LogP contribution in [0.1, 0.15) is 43.2 Å². The fourth-order valence-electron chi connectivity index (χ4n) is 6.22. The van der Waals surface area contributed by atoms with Crippen LogP contribution in [0.25, 0.3) is 0 Å². The molecule has 186 valence electrons. The molecular formula is C23H28F3N3O4S. The Bertz CT molecular complexity index is 1130. The van der Waals surface area contributed by atoms with E-state index < -0.39 is 21.6 Å². The van der Waals surface area contributed by atoms with E-state index >= 15 is 0 Å². The number of halogens is 3. The Morgan fingerprint density at radius 1 is 1.12 bits per heavy atom. The van der Waals surface area contributed by atoms with Gasteiger partial charge in [0.1, 0.15) is 0 Å². The number of piperidine rings is 1. The first kappa shape index (κ1) is 23.4. The van der Waals surface area contributed by atoms with Gasteiger partial charge in [0.25, 0.3) is 0 Å². The molecule has 3 amide bonds. The van der Waals surface area contributed by atoms with Gasteiger partial charge in [-0.1, -0.05) is 0 Å². The zero-order valence-electron chi connectivity index (χ0n) is 19.0. The molecule has 1 aromatic rings. The van der Waals surface area contributed by atoms with Crippen molar-refractivity contribution in [3.8, 4) is 0 Å². The lowest BCUT2D eigenvalue weighted by molar-refractivity contribution is -0.137. The van der Waals surface area contributed by atoms with Gasteiger partial charge in [-0.15, -0.1) is 0 Å². The van der Waals surface area contributed by atoms with Gasteiger partial charge in [0, 0.05) is 44.3 Å². The first-order valence-electron chi connectivity index (χ1n) is 11.5. The zero-order valence-corrected chi connectivity index (χ0v) is 19.8. The number of amides is 3. The monoisotopic (exact) mass is 499 g/mol. The summed E-state index contributed by atoms with van der Waals surface area (Å²) in [6.45, 7) is 2.36. The Labute approximate surface area is 196 Å². The lowest BCUT2D eigenvalue weighted by atomic mass is 9.56. The highest BCUT2D eigenvalue weighted by Crippen LogP contribution is 2.53. The predicted molar refractivity (Wildman–Crippen MR) is 117 cm³/mol. The van der Waals surface area contributed by atoms with Gasteiger partial charge in [-0.05, 0) is 61.8 Å². The summed E-state index contributed by atoms with van der Waals surface area (Å²) in [5.41, 5.74) is -0.808. The molecule has 5 rings (SSSR count). The first-order chi connectivity index (χ1) is 15.8. The Morgan fingerprint density at radius 3 is 2.35 bits per heavy atom. The fraction of sp³-hybridized carbons (Fsp3) is 0.652. The molecule has 34 heavy (non-hydrogen) atoms. The maximum Gasteiger partial charge on any atom is 0.416 e. The Kier molecular flexibility index (Phi) is 5.24. The van der Waals surface area contributed by atoms with Crippen LogP contribution in [0.4, 0.5) is 18.0 Å². The molecule has 0 unspecified atom stereocenters. The standard InChI is InChI=1S/C23H28F3N3O4S/c1-34(32,33)18-7-15(6-17(8-18)23(24,25)26)5-16-9-21(10-16)11-28(12-21)20(31)29-13-22(14-29)4-2-3-19(30)27-22/h6-8,16H,2-5,9-14H2,1H3,(H,27,30). The topological polar surface area (TPSA) is 86.8 Å². The largest absolute Gasteiger partial charge is 0.416 e. The van der Waals surface area contributed by atoms with Crippen LogP contribution in [0.3, 0.4) is 0 Å². The summed E-state index contributed by atoms with van der Waals surface area (Å²) >= 11 is 0. The van der Waals surface area contributed by atoms with Gasteiger partial charge in [0.05, 0.1) is 16.0 Å². The van der Waals surface area contributed by atoms with Crippen molar-refractivity contribution in [1.82, 2.24) is 15.1 Å². The van der Waals surface area contributed by atoms with Crippen LogP contribution in [-0.4, -0.2) is 68.1 Å². The minimum atomic E-state index is -4.61. The number of carbonyl (C=O) groups is 2. The normalized spacial score (nSPS) is 23.8. The van der Waals surface area contributed by atoms with E-state index in [1.807, 2.05) is 0 Å². The summed E-state index contributed by atoms with van der Waals surface area (Å²) in [4.78, 5) is 27.7. The summed E-state index contributed by atoms with van der Waals surface area (Å²) < 4.78 is 63.5.